The van der Waals surface area contributed by atoms with Gasteiger partial charge < -0.3 is 0 Å². The van der Waals surface area contributed by atoms with Gasteiger partial charge in [-0.2, -0.15) is 0 Å². The molecule has 0 aromatic heterocycles. The van der Waals surface area contributed by atoms with Crippen LogP contribution >= 0.6 is 0 Å². The Morgan fingerprint density at radius 2 is 1.78 bits per heavy atom. The van der Waals surface area contributed by atoms with E-state index in [1.807, 2.05) is 18.2 Å². The van der Waals surface area contributed by atoms with Crippen LogP contribution in [-0.2, 0) is 0 Å². The SMILES string of the molecule is C=CCC(O)(CC=C)C(CC)[Se]c1ccccc1. The van der Waals surface area contributed by atoms with Crippen LogP contribution in [0.4, 0.5) is 0 Å². The third-order valence-electron chi connectivity index (χ3n) is 2.99. The molecule has 0 bridgehead atoms. The average molecular weight is 309 g/mol. The van der Waals surface area contributed by atoms with Crippen molar-refractivity contribution in [3.05, 3.63) is 55.6 Å². The predicted molar refractivity (Wildman–Crippen MR) is 80.4 cm³/mol. The van der Waals surface area contributed by atoms with Crippen molar-refractivity contribution in [3.8, 4) is 0 Å². The maximum atomic E-state index is 10.8. The first-order chi connectivity index (χ1) is 8.66. The summed E-state index contributed by atoms with van der Waals surface area (Å²) in [4.78, 5) is 0.295. The molecule has 1 unspecified atom stereocenters. The maximum absolute atomic E-state index is 10.8. The molecule has 0 heterocycles. The molecule has 1 aromatic rings. The molecule has 0 radical (unpaired) electrons. The fraction of sp³-hybridized carbons (Fsp3) is 0.375. The molecule has 1 rings (SSSR count). The van der Waals surface area contributed by atoms with Gasteiger partial charge >= 0.3 is 117 Å². The van der Waals surface area contributed by atoms with Gasteiger partial charge in [0.2, 0.25) is 0 Å². The molecular weight excluding hydrogens is 287 g/mol. The van der Waals surface area contributed by atoms with Gasteiger partial charge in [0.1, 0.15) is 0 Å². The minimum absolute atomic E-state index is 0.275. The Bertz CT molecular complexity index is 362. The Balaban J connectivity index is 2.85. The van der Waals surface area contributed by atoms with E-state index in [0.717, 1.165) is 6.42 Å². The molecule has 98 valence electrons. The molecule has 0 saturated heterocycles. The summed E-state index contributed by atoms with van der Waals surface area (Å²) in [6, 6.07) is 10.4. The van der Waals surface area contributed by atoms with Crippen molar-refractivity contribution in [2.45, 2.75) is 36.6 Å². The van der Waals surface area contributed by atoms with E-state index in [2.05, 4.69) is 44.3 Å². The zero-order chi connectivity index (χ0) is 13.4. The molecule has 0 aliphatic rings. The molecule has 18 heavy (non-hydrogen) atoms. The standard InChI is InChI=1S/C16H22OSe/c1-4-12-16(17,13-5-2)15(6-3)18-14-10-8-7-9-11-14/h4-5,7-11,15,17H,1-2,6,12-13H2,3H3. The minimum atomic E-state index is -0.686. The molecular formula is C16H22OSe. The second-order valence-electron chi connectivity index (χ2n) is 4.42. The van der Waals surface area contributed by atoms with Gasteiger partial charge in [0, 0.05) is 0 Å². The fourth-order valence-corrected chi connectivity index (χ4v) is 4.64. The van der Waals surface area contributed by atoms with E-state index in [1.165, 1.54) is 4.46 Å². The van der Waals surface area contributed by atoms with Gasteiger partial charge in [0.05, 0.1) is 0 Å². The third-order valence-corrected chi connectivity index (χ3v) is 6.35. The number of hydrogen-bond acceptors (Lipinski definition) is 1. The van der Waals surface area contributed by atoms with E-state index >= 15 is 0 Å². The van der Waals surface area contributed by atoms with Gasteiger partial charge in [-0.3, -0.25) is 0 Å². The van der Waals surface area contributed by atoms with Gasteiger partial charge in [-0.1, -0.05) is 0 Å². The first-order valence-electron chi connectivity index (χ1n) is 6.32. The normalized spacial score (nSPS) is 13.0. The van der Waals surface area contributed by atoms with Crippen molar-refractivity contribution in [2.24, 2.45) is 0 Å². The van der Waals surface area contributed by atoms with Crippen LogP contribution in [0.15, 0.2) is 55.6 Å². The Morgan fingerprint density at radius 3 is 2.22 bits per heavy atom. The summed E-state index contributed by atoms with van der Waals surface area (Å²) in [7, 11) is 0. The van der Waals surface area contributed by atoms with E-state index in [-0.39, 0.29) is 15.0 Å². The molecule has 2 heteroatoms. The van der Waals surface area contributed by atoms with Crippen LogP contribution in [0, 0.1) is 0 Å². The van der Waals surface area contributed by atoms with E-state index in [1.54, 1.807) is 0 Å². The molecule has 0 saturated carbocycles. The Hall–Kier alpha value is -0.821. The van der Waals surface area contributed by atoms with Crippen LogP contribution in [0.25, 0.3) is 0 Å². The molecule has 0 fully saturated rings. The average Bonchev–Trinajstić information content (AvgIpc) is 2.37. The molecule has 0 aliphatic heterocycles. The molecule has 0 spiro atoms. The molecule has 1 atom stereocenters. The second kappa shape index (κ2) is 7.58. The van der Waals surface area contributed by atoms with Gasteiger partial charge in [-0.25, -0.2) is 0 Å². The summed E-state index contributed by atoms with van der Waals surface area (Å²) in [5, 5.41) is 10.8. The van der Waals surface area contributed by atoms with Crippen LogP contribution in [0.3, 0.4) is 0 Å². The fourth-order valence-electron chi connectivity index (χ4n) is 2.08. The molecule has 1 N–H and O–H groups in total. The summed E-state index contributed by atoms with van der Waals surface area (Å²) < 4.78 is 1.34. The second-order valence-corrected chi connectivity index (χ2v) is 7.09. The van der Waals surface area contributed by atoms with E-state index < -0.39 is 5.60 Å². The van der Waals surface area contributed by atoms with Crippen LogP contribution in [-0.4, -0.2) is 25.7 Å². The van der Waals surface area contributed by atoms with Crippen molar-refractivity contribution in [2.75, 3.05) is 0 Å². The van der Waals surface area contributed by atoms with Gasteiger partial charge in [-0.05, 0) is 0 Å². The van der Waals surface area contributed by atoms with E-state index in [9.17, 15) is 5.11 Å². The summed E-state index contributed by atoms with van der Waals surface area (Å²) in [6.45, 7) is 9.67. The first-order valence-corrected chi connectivity index (χ1v) is 8.16. The summed E-state index contributed by atoms with van der Waals surface area (Å²) in [5.41, 5.74) is -0.686. The molecule has 1 aromatic carbocycles. The number of rotatable bonds is 8. The van der Waals surface area contributed by atoms with Crippen molar-refractivity contribution in [1.82, 2.24) is 0 Å². The van der Waals surface area contributed by atoms with Gasteiger partial charge in [0.25, 0.3) is 0 Å². The Labute approximate surface area is 117 Å². The zero-order valence-corrected chi connectivity index (χ0v) is 12.7. The van der Waals surface area contributed by atoms with Crippen molar-refractivity contribution in [1.29, 1.82) is 0 Å². The van der Waals surface area contributed by atoms with Gasteiger partial charge in [0.15, 0.2) is 0 Å². The van der Waals surface area contributed by atoms with Gasteiger partial charge in [-0.15, -0.1) is 0 Å². The number of benzene rings is 1. The predicted octanol–water partition coefficient (Wildman–Crippen LogP) is 3.10. The van der Waals surface area contributed by atoms with Crippen molar-refractivity contribution in [3.63, 3.8) is 0 Å². The molecule has 1 nitrogen and oxygen atoms in total. The topological polar surface area (TPSA) is 20.2 Å². The van der Waals surface area contributed by atoms with Crippen LogP contribution in [0.2, 0.25) is 4.82 Å². The summed E-state index contributed by atoms with van der Waals surface area (Å²) in [6.07, 6.45) is 5.87. The van der Waals surface area contributed by atoms with E-state index in [0.29, 0.717) is 17.7 Å². The molecule has 0 amide bonds. The number of aliphatic hydroxyl groups is 1. The van der Waals surface area contributed by atoms with E-state index in [4.69, 9.17) is 0 Å². The Morgan fingerprint density at radius 1 is 1.22 bits per heavy atom. The van der Waals surface area contributed by atoms with Crippen LogP contribution < -0.4 is 4.46 Å². The third kappa shape index (κ3) is 4.13. The van der Waals surface area contributed by atoms with Crippen molar-refractivity contribution < 1.29 is 5.11 Å². The quantitative estimate of drug-likeness (QED) is 0.578. The molecule has 0 aliphatic carbocycles. The first kappa shape index (κ1) is 15.2. The van der Waals surface area contributed by atoms with Crippen molar-refractivity contribution >= 4 is 19.4 Å². The Kier molecular flexibility index (Phi) is 6.42. The number of hydrogen-bond donors (Lipinski definition) is 1. The summed E-state index contributed by atoms with van der Waals surface area (Å²) >= 11 is 0.275. The van der Waals surface area contributed by atoms with Crippen LogP contribution in [0.5, 0.6) is 0 Å². The zero-order valence-electron chi connectivity index (χ0n) is 11.0. The summed E-state index contributed by atoms with van der Waals surface area (Å²) in [5.74, 6) is 0. The van der Waals surface area contributed by atoms with Crippen LogP contribution in [0.1, 0.15) is 26.2 Å². The monoisotopic (exact) mass is 310 g/mol.